The van der Waals surface area contributed by atoms with Gasteiger partial charge >= 0.3 is 0 Å². The van der Waals surface area contributed by atoms with Crippen molar-refractivity contribution in [1.82, 2.24) is 15.0 Å². The molecule has 1 N–H and O–H groups in total. The number of hydrogen-bond acceptors (Lipinski definition) is 6. The first-order valence-electron chi connectivity index (χ1n) is 7.43. The normalized spacial score (nSPS) is 10.7. The topological polar surface area (TPSA) is 67.8 Å². The van der Waals surface area contributed by atoms with Gasteiger partial charge in [-0.15, -0.1) is 0 Å². The molecule has 3 aromatic rings. The Morgan fingerprint density at radius 3 is 2.84 bits per heavy atom. The van der Waals surface area contributed by atoms with Crippen LogP contribution in [0.3, 0.4) is 0 Å². The van der Waals surface area contributed by atoms with Gasteiger partial charge in [-0.2, -0.15) is 0 Å². The lowest BCUT2D eigenvalue weighted by Gasteiger charge is -2.06. The number of carbonyl (C=O) groups excluding carboxylic acids is 1. The molecule has 0 spiro atoms. The molecule has 0 saturated heterocycles. The third-order valence-corrected chi connectivity index (χ3v) is 5.23. The molecule has 0 bridgehead atoms. The summed E-state index contributed by atoms with van der Waals surface area (Å²) in [4.78, 5) is 25.8. The van der Waals surface area contributed by atoms with Crippen LogP contribution in [-0.4, -0.2) is 20.7 Å². The van der Waals surface area contributed by atoms with E-state index in [9.17, 15) is 4.79 Å². The summed E-state index contributed by atoms with van der Waals surface area (Å²) >= 11 is 10.8. The van der Waals surface area contributed by atoms with Crippen molar-refractivity contribution in [1.29, 1.82) is 0 Å². The number of Topliss-reactive ketones (excluding diaryl/α,β-unsaturated/α-hetero) is 1. The summed E-state index contributed by atoms with van der Waals surface area (Å²) in [6.07, 6.45) is 1.83. The molecule has 2 heterocycles. The van der Waals surface area contributed by atoms with E-state index in [1.54, 1.807) is 25.3 Å². The number of carbonyl (C=O) groups is 1. The first kappa shape index (κ1) is 18.0. The minimum atomic E-state index is -0.0122. The quantitative estimate of drug-likeness (QED) is 0.442. The number of hydrogen-bond donors (Lipinski definition) is 1. The summed E-state index contributed by atoms with van der Waals surface area (Å²) in [5.41, 5.74) is 1.86. The Balaban J connectivity index is 1.75. The van der Waals surface area contributed by atoms with Crippen LogP contribution in [0.5, 0.6) is 0 Å². The fraction of sp³-hybridized carbons (Fsp3) is 0.176. The van der Waals surface area contributed by atoms with E-state index in [2.05, 4.69) is 36.2 Å². The second-order valence-electron chi connectivity index (χ2n) is 5.41. The van der Waals surface area contributed by atoms with Crippen LogP contribution >= 0.6 is 38.9 Å². The highest BCUT2D eigenvalue weighted by Gasteiger charge is 2.15. The Bertz CT molecular complexity index is 904. The van der Waals surface area contributed by atoms with Crippen molar-refractivity contribution in [3.05, 3.63) is 61.9 Å². The number of nitrogens with one attached hydrogen (secondary N) is 1. The van der Waals surface area contributed by atoms with Gasteiger partial charge in [-0.1, -0.05) is 35.1 Å². The van der Waals surface area contributed by atoms with Crippen molar-refractivity contribution in [3.8, 4) is 0 Å². The maximum absolute atomic E-state index is 12.5. The van der Waals surface area contributed by atoms with E-state index in [1.807, 2.05) is 19.1 Å². The molecule has 2 aromatic heterocycles. The molecule has 1 aromatic carbocycles. The summed E-state index contributed by atoms with van der Waals surface area (Å²) in [5, 5.41) is 4.31. The second kappa shape index (κ2) is 7.59. The average molecular weight is 438 g/mol. The monoisotopic (exact) mass is 436 g/mol. The Hall–Kier alpha value is -1.83. The minimum Gasteiger partial charge on any atom is -0.316 e. The summed E-state index contributed by atoms with van der Waals surface area (Å²) < 4.78 is 0.685. The highest BCUT2D eigenvalue weighted by Crippen LogP contribution is 2.26. The number of ketones is 1. The largest absolute Gasteiger partial charge is 0.316 e. The molecule has 25 heavy (non-hydrogen) atoms. The van der Waals surface area contributed by atoms with Gasteiger partial charge < -0.3 is 5.32 Å². The Morgan fingerprint density at radius 2 is 2.12 bits per heavy atom. The Kier molecular flexibility index (Phi) is 5.46. The maximum Gasteiger partial charge on any atom is 0.188 e. The molecule has 8 heteroatoms. The van der Waals surface area contributed by atoms with Crippen molar-refractivity contribution in [2.45, 2.75) is 20.3 Å². The van der Waals surface area contributed by atoms with Crippen LogP contribution in [-0.2, 0) is 6.42 Å². The van der Waals surface area contributed by atoms with Crippen LogP contribution in [0, 0.1) is 13.8 Å². The van der Waals surface area contributed by atoms with Gasteiger partial charge in [0.1, 0.15) is 16.2 Å². The molecule has 5 nitrogen and oxygen atoms in total. The molecule has 0 amide bonds. The fourth-order valence-corrected chi connectivity index (χ4v) is 3.83. The number of anilines is 2. The number of benzene rings is 1. The molecule has 0 saturated carbocycles. The molecule has 0 aliphatic carbocycles. The van der Waals surface area contributed by atoms with Gasteiger partial charge in [0.05, 0.1) is 11.1 Å². The van der Waals surface area contributed by atoms with E-state index in [4.69, 9.17) is 11.6 Å². The van der Waals surface area contributed by atoms with Crippen LogP contribution in [0.15, 0.2) is 35.1 Å². The smallest absolute Gasteiger partial charge is 0.188 e. The molecule has 128 valence electrons. The molecule has 0 atom stereocenters. The van der Waals surface area contributed by atoms with Crippen molar-refractivity contribution < 1.29 is 4.79 Å². The average Bonchev–Trinajstić information content (AvgIpc) is 2.98. The summed E-state index contributed by atoms with van der Waals surface area (Å²) in [6.45, 7) is 3.75. The van der Waals surface area contributed by atoms with Gasteiger partial charge in [0.15, 0.2) is 10.9 Å². The Labute approximate surface area is 162 Å². The van der Waals surface area contributed by atoms with Gasteiger partial charge in [0.25, 0.3) is 0 Å². The molecule has 3 rings (SSSR count). The maximum atomic E-state index is 12.5. The van der Waals surface area contributed by atoms with Gasteiger partial charge in [-0.05, 0) is 47.0 Å². The van der Waals surface area contributed by atoms with Crippen LogP contribution in [0.2, 0.25) is 5.02 Å². The lowest BCUT2D eigenvalue weighted by atomic mass is 10.0. The number of aryl methyl sites for hydroxylation is 2. The van der Waals surface area contributed by atoms with Crippen LogP contribution in [0.4, 0.5) is 10.9 Å². The van der Waals surface area contributed by atoms with Gasteiger partial charge in [-0.3, -0.25) is 4.79 Å². The molecule has 0 aliphatic heterocycles. The lowest BCUT2D eigenvalue weighted by molar-refractivity contribution is 0.0996. The predicted molar refractivity (Wildman–Crippen MR) is 104 cm³/mol. The van der Waals surface area contributed by atoms with Gasteiger partial charge in [0, 0.05) is 17.5 Å². The Morgan fingerprint density at radius 1 is 1.32 bits per heavy atom. The van der Waals surface area contributed by atoms with E-state index in [0.29, 0.717) is 31.3 Å². The van der Waals surface area contributed by atoms with Crippen LogP contribution in [0.25, 0.3) is 0 Å². The fourth-order valence-electron chi connectivity index (χ4n) is 2.30. The third-order valence-electron chi connectivity index (χ3n) is 3.51. The van der Waals surface area contributed by atoms with E-state index < -0.39 is 0 Å². The molecule has 0 radical (unpaired) electrons. The standard InChI is InChI=1S/C17H14BrClN4OS/c1-9-4-3-5-12(19)11(9)6-13(24)14-8-20-17(25-14)23-16-7-15(18)21-10(2)22-16/h3-5,7-8H,6H2,1-2H3,(H,20,21,22,23). The number of nitrogens with zero attached hydrogens (tertiary/aromatic N) is 3. The molecule has 0 unspecified atom stereocenters. The predicted octanol–water partition coefficient (Wildman–Crippen LogP) is 5.13. The van der Waals surface area contributed by atoms with Crippen molar-refractivity contribution >= 4 is 55.6 Å². The van der Waals surface area contributed by atoms with Crippen LogP contribution in [0.1, 0.15) is 26.6 Å². The van der Waals surface area contributed by atoms with Crippen molar-refractivity contribution in [3.63, 3.8) is 0 Å². The minimum absolute atomic E-state index is 0.0122. The van der Waals surface area contributed by atoms with Gasteiger partial charge in [-0.25, -0.2) is 15.0 Å². The first-order chi connectivity index (χ1) is 11.9. The summed E-state index contributed by atoms with van der Waals surface area (Å²) in [7, 11) is 0. The zero-order chi connectivity index (χ0) is 18.0. The third kappa shape index (κ3) is 4.42. The highest BCUT2D eigenvalue weighted by molar-refractivity contribution is 9.10. The molecular formula is C17H14BrClN4OS. The highest BCUT2D eigenvalue weighted by atomic mass is 79.9. The van der Waals surface area contributed by atoms with Crippen molar-refractivity contribution in [2.24, 2.45) is 0 Å². The number of thiazole rings is 1. The molecular weight excluding hydrogens is 424 g/mol. The second-order valence-corrected chi connectivity index (χ2v) is 7.66. The summed E-state index contributed by atoms with van der Waals surface area (Å²) in [6, 6.07) is 7.38. The van der Waals surface area contributed by atoms with Crippen molar-refractivity contribution in [2.75, 3.05) is 5.32 Å². The lowest BCUT2D eigenvalue weighted by Crippen LogP contribution is -2.03. The SMILES string of the molecule is Cc1nc(Br)cc(Nc2ncc(C(=O)Cc3c(C)cccc3Cl)s2)n1. The zero-order valence-electron chi connectivity index (χ0n) is 13.5. The number of rotatable bonds is 5. The molecule has 0 fully saturated rings. The first-order valence-corrected chi connectivity index (χ1v) is 9.42. The van der Waals surface area contributed by atoms with E-state index >= 15 is 0 Å². The van der Waals surface area contributed by atoms with Gasteiger partial charge in [0.2, 0.25) is 0 Å². The number of halogens is 2. The number of aromatic nitrogens is 3. The van der Waals surface area contributed by atoms with E-state index in [-0.39, 0.29) is 12.2 Å². The van der Waals surface area contributed by atoms with E-state index in [1.165, 1.54) is 11.3 Å². The molecule has 0 aliphatic rings. The summed E-state index contributed by atoms with van der Waals surface area (Å²) in [5.74, 6) is 1.25. The zero-order valence-corrected chi connectivity index (χ0v) is 16.7. The van der Waals surface area contributed by atoms with E-state index in [0.717, 1.165) is 11.1 Å². The van der Waals surface area contributed by atoms with Crippen LogP contribution < -0.4 is 5.32 Å².